The first-order chi connectivity index (χ1) is 14.2. The number of rotatable bonds is 9. The van der Waals surface area contributed by atoms with Crippen LogP contribution in [0.25, 0.3) is 0 Å². The molecule has 4 fully saturated rings. The predicted octanol–water partition coefficient (Wildman–Crippen LogP) is 3.30. The third-order valence-corrected chi connectivity index (χ3v) is 6.94. The molecule has 6 heteroatoms. The Bertz CT molecular complexity index is 555. The number of carbonyl (C=O) groups is 1. The van der Waals surface area contributed by atoms with Crippen molar-refractivity contribution in [1.29, 1.82) is 0 Å². The Morgan fingerprint density at radius 1 is 1.24 bits per heavy atom. The van der Waals surface area contributed by atoms with Crippen LogP contribution in [0.3, 0.4) is 0 Å². The van der Waals surface area contributed by atoms with Crippen LogP contribution in [-0.4, -0.2) is 68.3 Å². The highest BCUT2D eigenvalue weighted by molar-refractivity contribution is 5.72. The summed E-state index contributed by atoms with van der Waals surface area (Å²) < 4.78 is 23.2. The Hall–Kier alpha value is -0.950. The molecule has 3 saturated heterocycles. The molecule has 0 radical (unpaired) electrons. The number of ether oxygens (including phenoxy) is 4. The van der Waals surface area contributed by atoms with E-state index >= 15 is 0 Å². The summed E-state index contributed by atoms with van der Waals surface area (Å²) in [5, 5.41) is 0. The van der Waals surface area contributed by atoms with E-state index in [1.807, 2.05) is 0 Å². The minimum absolute atomic E-state index is 0.0334. The van der Waals surface area contributed by atoms with Gasteiger partial charge in [0.1, 0.15) is 6.10 Å². The van der Waals surface area contributed by atoms with Crippen molar-refractivity contribution < 1.29 is 23.7 Å². The molecule has 0 spiro atoms. The summed E-state index contributed by atoms with van der Waals surface area (Å²) in [6, 6.07) is 0.428. The van der Waals surface area contributed by atoms with Gasteiger partial charge in [-0.15, -0.1) is 0 Å². The third kappa shape index (κ3) is 5.40. The van der Waals surface area contributed by atoms with Gasteiger partial charge in [-0.25, -0.2) is 0 Å². The second-order valence-corrected chi connectivity index (χ2v) is 8.92. The van der Waals surface area contributed by atoms with E-state index in [-0.39, 0.29) is 24.5 Å². The fraction of sp³-hybridized carbons (Fsp3) is 0.870. The van der Waals surface area contributed by atoms with Gasteiger partial charge in [0, 0.05) is 44.5 Å². The number of unbranched alkanes of at least 4 members (excludes halogenated alkanes) is 2. The standard InChI is InChI=1S/C23H37NO5/c1-2-3-4-6-17(28-23-7-5-12-27-23)8-9-18-19-15-22(25)29-21(19)16-20(18)24-10-13-26-14-11-24/h8-9,17-21,23H,2-7,10-16H2,1H3/t17?,18-,19-,20-,21+,23?/m1/s1. The molecule has 0 amide bonds. The lowest BCUT2D eigenvalue weighted by Crippen LogP contribution is -2.45. The van der Waals surface area contributed by atoms with Crippen molar-refractivity contribution in [3.05, 3.63) is 12.2 Å². The van der Waals surface area contributed by atoms with Gasteiger partial charge < -0.3 is 18.9 Å². The third-order valence-electron chi connectivity index (χ3n) is 6.94. The fourth-order valence-corrected chi connectivity index (χ4v) is 5.40. The van der Waals surface area contributed by atoms with Crippen LogP contribution in [0.5, 0.6) is 0 Å². The summed E-state index contributed by atoms with van der Waals surface area (Å²) in [7, 11) is 0. The van der Waals surface area contributed by atoms with Gasteiger partial charge in [0.05, 0.1) is 25.7 Å². The van der Waals surface area contributed by atoms with Crippen LogP contribution < -0.4 is 0 Å². The monoisotopic (exact) mass is 407 g/mol. The molecule has 2 unspecified atom stereocenters. The maximum Gasteiger partial charge on any atom is 0.306 e. The molecule has 3 heterocycles. The molecular weight excluding hydrogens is 370 g/mol. The molecular formula is C23H37NO5. The first-order valence-electron chi connectivity index (χ1n) is 11.7. The number of nitrogens with zero attached hydrogens (tertiary/aromatic N) is 1. The summed E-state index contributed by atoms with van der Waals surface area (Å²) in [6.45, 7) is 6.56. The molecule has 6 atom stereocenters. The van der Waals surface area contributed by atoms with E-state index in [1.54, 1.807) is 0 Å². The van der Waals surface area contributed by atoms with Gasteiger partial charge in [-0.2, -0.15) is 0 Å². The van der Waals surface area contributed by atoms with Crippen molar-refractivity contribution in [3.63, 3.8) is 0 Å². The molecule has 29 heavy (non-hydrogen) atoms. The Morgan fingerprint density at radius 3 is 2.86 bits per heavy atom. The van der Waals surface area contributed by atoms with E-state index in [9.17, 15) is 4.79 Å². The Balaban J connectivity index is 1.44. The van der Waals surface area contributed by atoms with Crippen LogP contribution >= 0.6 is 0 Å². The highest BCUT2D eigenvalue weighted by atomic mass is 16.7. The highest BCUT2D eigenvalue weighted by Gasteiger charge is 2.50. The largest absolute Gasteiger partial charge is 0.462 e. The van der Waals surface area contributed by atoms with E-state index in [2.05, 4.69) is 24.0 Å². The average Bonchev–Trinajstić information content (AvgIpc) is 3.43. The number of carbonyl (C=O) groups excluding carboxylic acids is 1. The molecule has 4 aliphatic rings. The second kappa shape index (κ2) is 10.4. The maximum atomic E-state index is 11.9. The minimum Gasteiger partial charge on any atom is -0.462 e. The number of fused-ring (bicyclic) bond motifs is 1. The van der Waals surface area contributed by atoms with Crippen molar-refractivity contribution in [1.82, 2.24) is 4.90 Å². The summed E-state index contributed by atoms with van der Waals surface area (Å²) >= 11 is 0. The first-order valence-corrected chi connectivity index (χ1v) is 11.7. The molecule has 1 saturated carbocycles. The van der Waals surface area contributed by atoms with Crippen molar-refractivity contribution in [2.24, 2.45) is 11.8 Å². The van der Waals surface area contributed by atoms with E-state index in [0.29, 0.717) is 24.3 Å². The van der Waals surface area contributed by atoms with E-state index in [0.717, 1.165) is 58.6 Å². The van der Waals surface area contributed by atoms with Gasteiger partial charge in [0.2, 0.25) is 0 Å². The predicted molar refractivity (Wildman–Crippen MR) is 109 cm³/mol. The molecule has 6 nitrogen and oxygen atoms in total. The Morgan fingerprint density at radius 2 is 2.10 bits per heavy atom. The zero-order valence-corrected chi connectivity index (χ0v) is 17.8. The Kier molecular flexibility index (Phi) is 7.62. The molecule has 0 bridgehead atoms. The van der Waals surface area contributed by atoms with Crippen LogP contribution in [0.2, 0.25) is 0 Å². The van der Waals surface area contributed by atoms with Crippen LogP contribution in [0.15, 0.2) is 12.2 Å². The number of hydrogen-bond acceptors (Lipinski definition) is 6. The lowest BCUT2D eigenvalue weighted by Gasteiger charge is -2.35. The number of morpholine rings is 1. The molecule has 4 rings (SSSR count). The second-order valence-electron chi connectivity index (χ2n) is 8.92. The van der Waals surface area contributed by atoms with Crippen LogP contribution in [0.1, 0.15) is 58.3 Å². The molecule has 3 aliphatic heterocycles. The molecule has 0 aromatic rings. The van der Waals surface area contributed by atoms with Crippen LogP contribution in [-0.2, 0) is 23.7 Å². The van der Waals surface area contributed by atoms with E-state index in [1.165, 1.54) is 19.3 Å². The van der Waals surface area contributed by atoms with Gasteiger partial charge in [-0.1, -0.05) is 38.3 Å². The van der Waals surface area contributed by atoms with Crippen LogP contribution in [0.4, 0.5) is 0 Å². The lowest BCUT2D eigenvalue weighted by molar-refractivity contribution is -0.141. The van der Waals surface area contributed by atoms with Crippen LogP contribution in [0, 0.1) is 11.8 Å². The summed E-state index contributed by atoms with van der Waals surface area (Å²) in [6.07, 6.45) is 12.9. The van der Waals surface area contributed by atoms with E-state index < -0.39 is 0 Å². The lowest BCUT2D eigenvalue weighted by atomic mass is 9.89. The normalized spacial score (nSPS) is 36.6. The van der Waals surface area contributed by atoms with Gasteiger partial charge in [-0.3, -0.25) is 9.69 Å². The molecule has 164 valence electrons. The van der Waals surface area contributed by atoms with Gasteiger partial charge in [-0.05, 0) is 18.8 Å². The number of esters is 1. The summed E-state index contributed by atoms with van der Waals surface area (Å²) in [4.78, 5) is 14.4. The molecule has 0 aromatic carbocycles. The van der Waals surface area contributed by atoms with Crippen molar-refractivity contribution >= 4 is 5.97 Å². The zero-order valence-electron chi connectivity index (χ0n) is 17.8. The van der Waals surface area contributed by atoms with Gasteiger partial charge >= 0.3 is 5.97 Å². The highest BCUT2D eigenvalue weighted by Crippen LogP contribution is 2.44. The smallest absolute Gasteiger partial charge is 0.306 e. The van der Waals surface area contributed by atoms with Gasteiger partial charge in [0.25, 0.3) is 0 Å². The number of hydrogen-bond donors (Lipinski definition) is 0. The molecule has 1 aliphatic carbocycles. The average molecular weight is 408 g/mol. The quantitative estimate of drug-likeness (QED) is 0.332. The first kappa shape index (κ1) is 21.3. The zero-order chi connectivity index (χ0) is 20.1. The van der Waals surface area contributed by atoms with Crippen molar-refractivity contribution in [3.8, 4) is 0 Å². The van der Waals surface area contributed by atoms with Crippen molar-refractivity contribution in [2.45, 2.75) is 82.8 Å². The summed E-state index contributed by atoms with van der Waals surface area (Å²) in [5.41, 5.74) is 0. The van der Waals surface area contributed by atoms with Crippen molar-refractivity contribution in [2.75, 3.05) is 32.9 Å². The fourth-order valence-electron chi connectivity index (χ4n) is 5.40. The molecule has 0 aromatic heterocycles. The Labute approximate surface area is 174 Å². The van der Waals surface area contributed by atoms with E-state index in [4.69, 9.17) is 18.9 Å². The molecule has 0 N–H and O–H groups in total. The minimum atomic E-state index is -0.0611. The van der Waals surface area contributed by atoms with Gasteiger partial charge in [0.15, 0.2) is 6.29 Å². The maximum absolute atomic E-state index is 11.9. The SMILES string of the molecule is CCCCCC(C=C[C@@H]1[C@H]2CC(=O)O[C@H]2C[C@H]1N1CCOCC1)OC1CCCO1. The topological polar surface area (TPSA) is 57.2 Å². The summed E-state index contributed by atoms with van der Waals surface area (Å²) in [5.74, 6) is 0.603.